The first-order chi connectivity index (χ1) is 13.0. The highest BCUT2D eigenvalue weighted by atomic mass is 33.1. The first kappa shape index (κ1) is 27.2. The Morgan fingerprint density at radius 3 is 2.74 bits per heavy atom. The molecule has 160 valence electrons. The van der Waals surface area contributed by atoms with Crippen molar-refractivity contribution in [3.8, 4) is 0 Å². The van der Waals surface area contributed by atoms with Gasteiger partial charge in [-0.15, -0.1) is 10.7 Å². The zero-order valence-electron chi connectivity index (χ0n) is 17.2. The van der Waals surface area contributed by atoms with Gasteiger partial charge in [0.05, 0.1) is 19.8 Å². The summed E-state index contributed by atoms with van der Waals surface area (Å²) in [4.78, 5) is 11.8. The molecule has 0 saturated carbocycles. The molecule has 2 N–H and O–H groups in total. The largest absolute Gasteiger partial charge is 0.376 e. The Labute approximate surface area is 176 Å². The van der Waals surface area contributed by atoms with E-state index in [-0.39, 0.29) is 16.5 Å². The van der Waals surface area contributed by atoms with E-state index in [4.69, 9.17) is 9.47 Å². The number of ketones is 1. The summed E-state index contributed by atoms with van der Waals surface area (Å²) in [6, 6.07) is 0. The van der Waals surface area contributed by atoms with Crippen LogP contribution in [0.3, 0.4) is 0 Å². The minimum atomic E-state index is 0.0666. The Bertz CT molecular complexity index is 408. The Kier molecular flexibility index (Phi) is 21.0. The van der Waals surface area contributed by atoms with Gasteiger partial charge in [0.1, 0.15) is 11.7 Å². The lowest BCUT2D eigenvalue weighted by Crippen LogP contribution is -2.26. The number of nitrogens with one attached hydrogen (secondary N) is 2. The van der Waals surface area contributed by atoms with Gasteiger partial charge < -0.3 is 14.8 Å². The molecule has 0 aromatic carbocycles. The molecule has 0 saturated heterocycles. The Morgan fingerprint density at radius 1 is 1.19 bits per heavy atom. The lowest BCUT2D eigenvalue weighted by atomic mass is 10.2. The van der Waals surface area contributed by atoms with Crippen LogP contribution in [-0.4, -0.2) is 69.1 Å². The molecule has 0 aliphatic rings. The maximum absolute atomic E-state index is 11.8. The zero-order valence-corrected chi connectivity index (χ0v) is 19.6. The van der Waals surface area contributed by atoms with E-state index >= 15 is 0 Å². The molecule has 0 aromatic rings. The minimum absolute atomic E-state index is 0.0666. The number of allylic oxidation sites excluding steroid dienone is 1. The smallest absolute Gasteiger partial charge is 0.146 e. The normalized spacial score (nSPS) is 12.9. The number of carbonyl (C=O) groups is 1. The van der Waals surface area contributed by atoms with Gasteiger partial charge in [-0.3, -0.25) is 9.52 Å². The molecular formula is C19H38N2O3S3. The van der Waals surface area contributed by atoms with Gasteiger partial charge in [-0.05, 0) is 25.0 Å². The first-order valence-electron chi connectivity index (χ1n) is 9.50. The predicted octanol–water partition coefficient (Wildman–Crippen LogP) is 3.74. The molecule has 5 nitrogen and oxygen atoms in total. The van der Waals surface area contributed by atoms with Crippen LogP contribution in [0.2, 0.25) is 0 Å². The fourth-order valence-electron chi connectivity index (χ4n) is 1.91. The average molecular weight is 439 g/mol. The molecule has 0 bridgehead atoms. The number of hydrogen-bond donors (Lipinski definition) is 2. The van der Waals surface area contributed by atoms with Gasteiger partial charge in [-0.1, -0.05) is 53.5 Å². The summed E-state index contributed by atoms with van der Waals surface area (Å²) in [5.41, 5.74) is 0. The van der Waals surface area contributed by atoms with Crippen molar-refractivity contribution in [3.63, 3.8) is 0 Å². The summed E-state index contributed by atoms with van der Waals surface area (Å²) in [6.45, 7) is 8.39. The van der Waals surface area contributed by atoms with Gasteiger partial charge in [-0.25, -0.2) is 0 Å². The lowest BCUT2D eigenvalue weighted by Gasteiger charge is -2.06. The third-order valence-corrected chi connectivity index (χ3v) is 6.01. The Balaban J connectivity index is 3.22. The van der Waals surface area contributed by atoms with Crippen molar-refractivity contribution in [3.05, 3.63) is 12.2 Å². The van der Waals surface area contributed by atoms with E-state index in [2.05, 4.69) is 42.1 Å². The first-order valence-corrected chi connectivity index (χ1v) is 13.8. The highest BCUT2D eigenvalue weighted by Gasteiger charge is 2.01. The third kappa shape index (κ3) is 24.1. The summed E-state index contributed by atoms with van der Waals surface area (Å²) < 4.78 is 14.3. The standard InChI is InChI=1S/C19H38N2O3S3/c1-18(2)8-7-13-23-14-10-20-16-19(22)9-5-6-12-24-17-26-25-15-11-21-27(3)4/h7-8,18,20-21H,3,5-6,9-17H2,1-2,4H3/b8-7+. The van der Waals surface area contributed by atoms with Crippen LogP contribution in [0.1, 0.15) is 33.1 Å². The van der Waals surface area contributed by atoms with E-state index in [0.29, 0.717) is 44.6 Å². The maximum Gasteiger partial charge on any atom is 0.146 e. The molecule has 0 aliphatic carbocycles. The van der Waals surface area contributed by atoms with Crippen molar-refractivity contribution in [1.82, 2.24) is 10.0 Å². The fraction of sp³-hybridized carbons (Fsp3) is 0.789. The molecule has 0 amide bonds. The van der Waals surface area contributed by atoms with E-state index in [1.807, 2.05) is 16.9 Å². The molecule has 1 unspecified atom stereocenters. The van der Waals surface area contributed by atoms with E-state index in [1.54, 1.807) is 10.8 Å². The van der Waals surface area contributed by atoms with E-state index in [9.17, 15) is 4.79 Å². The van der Waals surface area contributed by atoms with Crippen LogP contribution >= 0.6 is 32.3 Å². The van der Waals surface area contributed by atoms with E-state index < -0.39 is 0 Å². The van der Waals surface area contributed by atoms with Crippen molar-refractivity contribution in [2.24, 2.45) is 5.92 Å². The molecule has 0 aromatic heterocycles. The molecule has 0 radical (unpaired) electrons. The van der Waals surface area contributed by atoms with Crippen molar-refractivity contribution in [2.75, 3.05) is 57.4 Å². The molecular weight excluding hydrogens is 400 g/mol. The molecule has 0 heterocycles. The van der Waals surface area contributed by atoms with Crippen LogP contribution in [-0.2, 0) is 14.3 Å². The summed E-state index contributed by atoms with van der Waals surface area (Å²) in [7, 11) is 3.61. The Hall–Kier alpha value is 0.170. The van der Waals surface area contributed by atoms with Crippen LogP contribution in [0.15, 0.2) is 12.2 Å². The number of carbonyl (C=O) groups excluding carboxylic acids is 1. The predicted molar refractivity (Wildman–Crippen MR) is 126 cm³/mol. The highest BCUT2D eigenvalue weighted by molar-refractivity contribution is 8.76. The SMILES string of the molecule is C=S(C)NCCSSCOCCCCC(=O)CNCCOC/C=C/C(C)C. The van der Waals surface area contributed by atoms with Crippen LogP contribution in [0.4, 0.5) is 0 Å². The lowest BCUT2D eigenvalue weighted by molar-refractivity contribution is -0.118. The van der Waals surface area contributed by atoms with Gasteiger partial charge in [0, 0.05) is 31.9 Å². The van der Waals surface area contributed by atoms with Crippen LogP contribution < -0.4 is 10.0 Å². The second kappa shape index (κ2) is 20.9. The van der Waals surface area contributed by atoms with Crippen molar-refractivity contribution in [2.45, 2.75) is 33.1 Å². The molecule has 0 spiro atoms. The van der Waals surface area contributed by atoms with Gasteiger partial charge in [-0.2, -0.15) is 0 Å². The molecule has 0 aliphatic heterocycles. The summed E-state index contributed by atoms with van der Waals surface area (Å²) in [5.74, 6) is 6.48. The number of ether oxygens (including phenoxy) is 2. The molecule has 27 heavy (non-hydrogen) atoms. The average Bonchev–Trinajstić information content (AvgIpc) is 2.61. The molecule has 8 heteroatoms. The maximum atomic E-state index is 11.8. The molecule has 0 rings (SSSR count). The second-order valence-electron chi connectivity index (χ2n) is 6.42. The molecule has 1 atom stereocenters. The quantitative estimate of drug-likeness (QED) is 0.0987. The van der Waals surface area contributed by atoms with Gasteiger partial charge in [0.15, 0.2) is 0 Å². The van der Waals surface area contributed by atoms with Gasteiger partial charge in [0.25, 0.3) is 0 Å². The van der Waals surface area contributed by atoms with Gasteiger partial charge in [0.2, 0.25) is 0 Å². The number of unbranched alkanes of at least 4 members (excludes halogenated alkanes) is 1. The van der Waals surface area contributed by atoms with Crippen LogP contribution in [0.5, 0.6) is 0 Å². The summed E-state index contributed by atoms with van der Waals surface area (Å²) >= 11 is 0. The number of Topliss-reactive ketones (excluding diaryl/α,β-unsaturated/α-hetero) is 1. The van der Waals surface area contributed by atoms with Crippen LogP contribution in [0, 0.1) is 5.92 Å². The third-order valence-electron chi connectivity index (χ3n) is 3.22. The minimum Gasteiger partial charge on any atom is -0.376 e. The van der Waals surface area contributed by atoms with Crippen molar-refractivity contribution >= 4 is 43.9 Å². The topological polar surface area (TPSA) is 59.6 Å². The van der Waals surface area contributed by atoms with Crippen molar-refractivity contribution < 1.29 is 14.3 Å². The monoisotopic (exact) mass is 438 g/mol. The van der Waals surface area contributed by atoms with Crippen LogP contribution in [0.25, 0.3) is 0 Å². The zero-order chi connectivity index (χ0) is 20.2. The van der Waals surface area contributed by atoms with Crippen molar-refractivity contribution in [1.29, 1.82) is 0 Å². The summed E-state index contributed by atoms with van der Waals surface area (Å²) in [5, 5.41) is 3.13. The van der Waals surface area contributed by atoms with E-state index in [1.165, 1.54) is 0 Å². The fourth-order valence-corrected chi connectivity index (χ4v) is 4.06. The van der Waals surface area contributed by atoms with E-state index in [0.717, 1.165) is 31.7 Å². The number of rotatable bonds is 20. The Morgan fingerprint density at radius 2 is 2.00 bits per heavy atom. The highest BCUT2D eigenvalue weighted by Crippen LogP contribution is 2.20. The molecule has 0 fully saturated rings. The summed E-state index contributed by atoms with van der Waals surface area (Å²) in [6.07, 6.45) is 8.68. The number of hydrogen-bond acceptors (Lipinski definition) is 7. The van der Waals surface area contributed by atoms with Gasteiger partial charge >= 0.3 is 0 Å². The second-order valence-corrected chi connectivity index (χ2v) is 10.5.